The van der Waals surface area contributed by atoms with Gasteiger partial charge < -0.3 is 93.2 Å². The minimum absolute atomic E-state index is 0. The van der Waals surface area contributed by atoms with Crippen molar-refractivity contribution in [3.63, 3.8) is 0 Å². The van der Waals surface area contributed by atoms with Gasteiger partial charge in [-0.1, -0.05) is 74.2 Å². The number of carbonyl (C=O) groups is 7. The van der Waals surface area contributed by atoms with Crippen LogP contribution in [0.1, 0.15) is 80.8 Å². The van der Waals surface area contributed by atoms with Crippen LogP contribution in [0.4, 0.5) is 5.69 Å². The third-order valence-electron chi connectivity index (χ3n) is 17.1. The number of hydrogen-bond donors (Lipinski definition) is 14. The first-order valence-corrected chi connectivity index (χ1v) is 31.3. The SMILES string of the molecule is C.C[C@@H](O)[C@@H]1NC(=O)[C@@H](NC(=O)c2ccc(-c3nnc(-c4ccc(N5CCC(c6ccccc6)CC5)cc4)s3)cc2)C[C@@H](O)CNC(=O)[C@@H]2[C@@H](O)[C@@H](C)CN2C(=O)[C@H]([C@H](O)CCN)NC(=O)[C@H]([C@H](O)Cc2ccc(O)c(OCCN)c2)NC(=O)[C@@H]2C[C@@H](O)CN2C1=O. The molecule has 4 aromatic carbocycles. The number of amides is 7. The summed E-state index contributed by atoms with van der Waals surface area (Å²) in [7, 11) is 0. The van der Waals surface area contributed by atoms with Gasteiger partial charge in [0, 0.05) is 86.8 Å². The second kappa shape index (κ2) is 31.4. The molecule has 4 aliphatic rings. The Balaban J connectivity index is 0.0000109. The largest absolute Gasteiger partial charge is 0.504 e. The summed E-state index contributed by atoms with van der Waals surface area (Å²) >= 11 is 1.34. The molecule has 496 valence electrons. The predicted octanol–water partition coefficient (Wildman–Crippen LogP) is -0.767. The highest BCUT2D eigenvalue weighted by Crippen LogP contribution is 2.35. The molecule has 0 unspecified atom stereocenters. The van der Waals surface area contributed by atoms with Crippen LogP contribution >= 0.6 is 11.3 Å². The van der Waals surface area contributed by atoms with E-state index >= 15 is 0 Å². The first-order chi connectivity index (χ1) is 43.6. The number of nitrogens with one attached hydrogen (secondary N) is 5. The number of aromatic nitrogens is 2. The number of ether oxygens (including phenoxy) is 1. The zero-order chi connectivity index (χ0) is 65.2. The molecular weight excluding hydrogens is 1210 g/mol. The summed E-state index contributed by atoms with van der Waals surface area (Å²) in [6.45, 7) is 2.96. The van der Waals surface area contributed by atoms with Crippen LogP contribution in [0.3, 0.4) is 0 Å². The number of anilines is 1. The number of benzene rings is 4. The molecule has 4 fully saturated rings. The van der Waals surface area contributed by atoms with E-state index in [1.807, 2.05) is 18.2 Å². The number of fused-ring (bicyclic) bond motifs is 2. The maximum Gasteiger partial charge on any atom is 0.251 e. The van der Waals surface area contributed by atoms with Crippen LogP contribution in [0.2, 0.25) is 0 Å². The Morgan fingerprint density at radius 3 is 2.00 bits per heavy atom. The number of phenolic OH excluding ortho intramolecular Hbond substituents is 1. The number of aliphatic hydroxyl groups excluding tert-OH is 6. The van der Waals surface area contributed by atoms with Gasteiger partial charge in [-0.25, -0.2) is 0 Å². The molecule has 0 radical (unpaired) electrons. The van der Waals surface area contributed by atoms with E-state index in [4.69, 9.17) is 16.2 Å². The van der Waals surface area contributed by atoms with Crippen molar-refractivity contribution in [2.24, 2.45) is 17.4 Å². The van der Waals surface area contributed by atoms with Gasteiger partial charge in [0.15, 0.2) is 11.5 Å². The molecule has 0 bridgehead atoms. The molecule has 9 rings (SSSR count). The summed E-state index contributed by atoms with van der Waals surface area (Å²) in [4.78, 5) is 106. The summed E-state index contributed by atoms with van der Waals surface area (Å²) < 4.78 is 5.52. The molecule has 0 aliphatic carbocycles. The van der Waals surface area contributed by atoms with Gasteiger partial charge in [0.05, 0.1) is 36.6 Å². The lowest BCUT2D eigenvalue weighted by Gasteiger charge is -2.34. The molecule has 4 aliphatic heterocycles. The molecule has 0 spiro atoms. The molecule has 28 heteroatoms. The number of nitrogens with two attached hydrogens (primary N) is 2. The van der Waals surface area contributed by atoms with Gasteiger partial charge >= 0.3 is 0 Å². The highest BCUT2D eigenvalue weighted by atomic mass is 32.1. The van der Waals surface area contributed by atoms with E-state index in [2.05, 4.69) is 78.1 Å². The number of hydrogen-bond acceptors (Lipinski definition) is 21. The zero-order valence-corrected chi connectivity index (χ0v) is 51.2. The minimum atomic E-state index is -2.04. The summed E-state index contributed by atoms with van der Waals surface area (Å²) in [5, 5.41) is 101. The molecule has 27 nitrogen and oxygen atoms in total. The molecule has 4 saturated heterocycles. The van der Waals surface area contributed by atoms with E-state index in [0.29, 0.717) is 21.5 Å². The van der Waals surface area contributed by atoms with Gasteiger partial charge in [0.1, 0.15) is 52.9 Å². The van der Waals surface area contributed by atoms with Gasteiger partial charge in [0.25, 0.3) is 5.91 Å². The van der Waals surface area contributed by atoms with Crippen LogP contribution in [-0.2, 0) is 35.2 Å². The Bertz CT molecular complexity index is 3360. The fourth-order valence-corrected chi connectivity index (χ4v) is 12.9. The first kappa shape index (κ1) is 69.7. The lowest BCUT2D eigenvalue weighted by Crippen LogP contribution is -2.64. The number of aliphatic hydroxyl groups is 6. The van der Waals surface area contributed by atoms with E-state index < -0.39 is 152 Å². The van der Waals surface area contributed by atoms with E-state index in [1.54, 1.807) is 12.1 Å². The van der Waals surface area contributed by atoms with Crippen LogP contribution in [0.25, 0.3) is 21.1 Å². The zero-order valence-electron chi connectivity index (χ0n) is 50.4. The van der Waals surface area contributed by atoms with Crippen molar-refractivity contribution in [2.75, 3.05) is 57.3 Å². The maximum atomic E-state index is 14.7. The smallest absolute Gasteiger partial charge is 0.251 e. The van der Waals surface area contributed by atoms with Crippen LogP contribution in [0.15, 0.2) is 97.1 Å². The summed E-state index contributed by atoms with van der Waals surface area (Å²) in [5.74, 6) is -8.10. The number of phenols is 1. The standard InChI is InChI=1S/C63H80N12O15S.CH4/c1-33-31-75-53(54(33)82)59(87)66-30-42(77)28-44(67-55(83)38-9-11-39(12-10-38)60-71-72-61(91-60)40-13-15-41(16-14-40)73-23-19-37(20-24-73)36-6-4-3-5-7-36)56(84)68-50(34(2)76)62(88)74-32-43(78)29-45(74)57(85)69-51(58(86)70-52(63(75)89)47(80)18-21-64)48(81)26-35-8-17-46(79)49(27-35)90-25-22-65;/h3-17,27,33-34,37,42-45,47-48,50-54,76-82H,18-26,28-32,64-65H2,1-2H3,(H,66,87)(H,67,83)(H,68,84)(H,69,85)(H,70,86);1H4/t33-,34+,42+,43+,44-,45-,47+,48+,50-,51-,52-,53-,54-;/m0./s1. The Kier molecular flexibility index (Phi) is 23.8. The summed E-state index contributed by atoms with van der Waals surface area (Å²) in [6, 6.07) is 18.0. The minimum Gasteiger partial charge on any atom is -0.504 e. The van der Waals surface area contributed by atoms with Crippen molar-refractivity contribution in [3.8, 4) is 32.6 Å². The molecule has 5 heterocycles. The van der Waals surface area contributed by atoms with E-state index in [9.17, 15) is 69.3 Å². The van der Waals surface area contributed by atoms with Crippen LogP contribution in [0, 0.1) is 5.92 Å². The molecule has 7 amide bonds. The topological polar surface area (TPSA) is 418 Å². The Labute approximate surface area is 536 Å². The number of rotatable bonds is 16. The molecule has 1 aromatic heterocycles. The van der Waals surface area contributed by atoms with Crippen molar-refractivity contribution in [2.45, 2.75) is 139 Å². The van der Waals surface area contributed by atoms with Crippen molar-refractivity contribution in [3.05, 3.63) is 114 Å². The third-order valence-corrected chi connectivity index (χ3v) is 18.1. The number of piperidine rings is 1. The third kappa shape index (κ3) is 16.5. The maximum absolute atomic E-state index is 14.7. The van der Waals surface area contributed by atoms with E-state index in [-0.39, 0.29) is 62.7 Å². The lowest BCUT2D eigenvalue weighted by atomic mass is 9.89. The Hall–Kier alpha value is -8.19. The summed E-state index contributed by atoms with van der Waals surface area (Å²) in [5.41, 5.74) is 15.7. The summed E-state index contributed by atoms with van der Waals surface area (Å²) in [6.07, 6.45) is -9.73. The quantitative estimate of drug-likeness (QED) is 0.0577. The lowest BCUT2D eigenvalue weighted by molar-refractivity contribution is -0.147. The van der Waals surface area contributed by atoms with Crippen LogP contribution in [-0.4, -0.2) is 222 Å². The van der Waals surface area contributed by atoms with Gasteiger partial charge in [-0.3, -0.25) is 33.6 Å². The van der Waals surface area contributed by atoms with Crippen LogP contribution in [0.5, 0.6) is 11.5 Å². The average Bonchev–Trinajstić information content (AvgIpc) is 1.68. The Morgan fingerprint density at radius 2 is 1.36 bits per heavy atom. The van der Waals surface area contributed by atoms with Crippen molar-refractivity contribution >= 4 is 58.4 Å². The number of β-amino-alcohol motifs (C(OH)–C–C–N with tert-alkyl or cyclic N) is 1. The molecule has 5 aromatic rings. The molecule has 16 N–H and O–H groups in total. The molecule has 0 saturated carbocycles. The van der Waals surface area contributed by atoms with E-state index in [0.717, 1.165) is 53.9 Å². The monoisotopic (exact) mass is 1290 g/mol. The molecule has 13 atom stereocenters. The van der Waals surface area contributed by atoms with Crippen molar-refractivity contribution in [1.82, 2.24) is 46.6 Å². The van der Waals surface area contributed by atoms with Crippen molar-refractivity contribution < 1.29 is 74.0 Å². The highest BCUT2D eigenvalue weighted by Gasteiger charge is 2.50. The van der Waals surface area contributed by atoms with Gasteiger partial charge in [-0.05, 0) is 98.3 Å². The van der Waals surface area contributed by atoms with E-state index in [1.165, 1.54) is 54.2 Å². The number of aromatic hydroxyl groups is 1. The fourth-order valence-electron chi connectivity index (χ4n) is 12.1. The second-order valence-corrected chi connectivity index (χ2v) is 24.7. The predicted molar refractivity (Wildman–Crippen MR) is 339 cm³/mol. The second-order valence-electron chi connectivity index (χ2n) is 23.7. The van der Waals surface area contributed by atoms with Crippen molar-refractivity contribution in [1.29, 1.82) is 0 Å². The average molecular weight is 1290 g/mol. The number of nitrogens with zero attached hydrogens (tertiary/aromatic N) is 5. The normalized spacial score (nSPS) is 25.8. The van der Waals surface area contributed by atoms with Gasteiger partial charge in [-0.2, -0.15) is 0 Å². The van der Waals surface area contributed by atoms with Gasteiger partial charge in [0.2, 0.25) is 35.4 Å². The molecule has 92 heavy (non-hydrogen) atoms. The highest BCUT2D eigenvalue weighted by molar-refractivity contribution is 7.17. The van der Waals surface area contributed by atoms with Gasteiger partial charge in [-0.15, -0.1) is 10.2 Å². The Morgan fingerprint density at radius 1 is 0.728 bits per heavy atom. The van der Waals surface area contributed by atoms with Crippen LogP contribution < -0.4 is 47.7 Å². The molecular formula is C64H84N12O15S. The first-order valence-electron chi connectivity index (χ1n) is 30.5. The fraction of sp³-hybridized carbons (Fsp3) is 0.484. The number of carbonyl (C=O) groups excluding carboxylic acids is 7.